The molecule has 0 saturated carbocycles. The molecule has 0 bridgehead atoms. The summed E-state index contributed by atoms with van der Waals surface area (Å²) in [5.41, 5.74) is 0.269. The Hall–Kier alpha value is -1.84. The first-order chi connectivity index (χ1) is 10.4. The van der Waals surface area contributed by atoms with Gasteiger partial charge in [0, 0.05) is 12.1 Å². The van der Waals surface area contributed by atoms with Gasteiger partial charge in [0.05, 0.1) is 10.9 Å². The summed E-state index contributed by atoms with van der Waals surface area (Å²) in [6.07, 6.45) is 0. The average Bonchev–Trinajstić information content (AvgIpc) is 2.51. The molecular weight excluding hydrogens is 276 g/mol. The standard InChI is InChI=1S/C14H18N2O2.2C2H6/c1-9(2)15-12-8-6-5-7-11(12)13(17)16(10(3)4)14(15)18;2*1-2/h5-10H,1-4H3;2*1-2H3. The van der Waals surface area contributed by atoms with E-state index in [-0.39, 0.29) is 23.3 Å². The molecule has 0 spiro atoms. The van der Waals surface area contributed by atoms with Crippen molar-refractivity contribution in [2.24, 2.45) is 0 Å². The number of fused-ring (bicyclic) bond motifs is 1. The lowest BCUT2D eigenvalue weighted by Gasteiger charge is -2.18. The van der Waals surface area contributed by atoms with Crippen molar-refractivity contribution in [3.8, 4) is 0 Å². The van der Waals surface area contributed by atoms with Crippen molar-refractivity contribution in [1.82, 2.24) is 9.13 Å². The fraction of sp³-hybridized carbons (Fsp3) is 0.556. The zero-order valence-corrected chi connectivity index (χ0v) is 15.2. The van der Waals surface area contributed by atoms with E-state index in [0.717, 1.165) is 0 Å². The summed E-state index contributed by atoms with van der Waals surface area (Å²) in [6, 6.07) is 7.15. The molecule has 4 nitrogen and oxygen atoms in total. The van der Waals surface area contributed by atoms with Gasteiger partial charge in [-0.05, 0) is 39.8 Å². The van der Waals surface area contributed by atoms with E-state index in [1.807, 2.05) is 73.6 Å². The maximum Gasteiger partial charge on any atom is 0.331 e. The highest BCUT2D eigenvalue weighted by Crippen LogP contribution is 2.13. The van der Waals surface area contributed by atoms with Crippen LogP contribution in [-0.4, -0.2) is 9.13 Å². The van der Waals surface area contributed by atoms with Gasteiger partial charge in [-0.2, -0.15) is 0 Å². The summed E-state index contributed by atoms with van der Waals surface area (Å²) in [5.74, 6) is 0. The van der Waals surface area contributed by atoms with Gasteiger partial charge in [0.2, 0.25) is 0 Å². The van der Waals surface area contributed by atoms with Gasteiger partial charge in [-0.15, -0.1) is 0 Å². The van der Waals surface area contributed by atoms with Gasteiger partial charge in [0.25, 0.3) is 5.56 Å². The van der Waals surface area contributed by atoms with Crippen LogP contribution in [0.2, 0.25) is 0 Å². The maximum absolute atomic E-state index is 12.4. The number of para-hydroxylation sites is 1. The summed E-state index contributed by atoms with van der Waals surface area (Å²) in [6.45, 7) is 15.6. The van der Waals surface area contributed by atoms with E-state index in [0.29, 0.717) is 10.9 Å². The van der Waals surface area contributed by atoms with Crippen molar-refractivity contribution in [1.29, 1.82) is 0 Å². The van der Waals surface area contributed by atoms with Gasteiger partial charge in [-0.3, -0.25) is 13.9 Å². The molecule has 1 aromatic heterocycles. The van der Waals surface area contributed by atoms with Gasteiger partial charge in [0.15, 0.2) is 0 Å². The zero-order chi connectivity index (χ0) is 17.4. The van der Waals surface area contributed by atoms with E-state index in [9.17, 15) is 9.59 Å². The summed E-state index contributed by atoms with van der Waals surface area (Å²) >= 11 is 0. The van der Waals surface area contributed by atoms with Crippen LogP contribution in [0.4, 0.5) is 0 Å². The van der Waals surface area contributed by atoms with Crippen LogP contribution in [0.1, 0.15) is 67.5 Å². The van der Waals surface area contributed by atoms with Crippen LogP contribution in [-0.2, 0) is 0 Å². The van der Waals surface area contributed by atoms with Crippen molar-refractivity contribution < 1.29 is 0 Å². The van der Waals surface area contributed by atoms with E-state index < -0.39 is 0 Å². The van der Waals surface area contributed by atoms with Gasteiger partial charge in [-0.1, -0.05) is 39.8 Å². The third kappa shape index (κ3) is 3.87. The Morgan fingerprint density at radius 3 is 1.68 bits per heavy atom. The Bertz CT molecular complexity index is 694. The molecule has 2 aromatic rings. The van der Waals surface area contributed by atoms with E-state index in [1.54, 1.807) is 10.6 Å². The SMILES string of the molecule is CC.CC.CC(C)n1c(=O)c2ccccc2n(C(C)C)c1=O. The molecule has 0 aliphatic carbocycles. The molecule has 2 rings (SSSR count). The Kier molecular flexibility index (Phi) is 8.46. The molecule has 0 radical (unpaired) electrons. The first kappa shape index (κ1) is 20.2. The van der Waals surface area contributed by atoms with Crippen molar-refractivity contribution in [2.45, 2.75) is 67.5 Å². The number of hydrogen-bond donors (Lipinski definition) is 0. The lowest BCUT2D eigenvalue weighted by molar-refractivity contribution is 0.489. The smallest absolute Gasteiger partial charge is 0.291 e. The minimum Gasteiger partial charge on any atom is -0.291 e. The Morgan fingerprint density at radius 1 is 0.773 bits per heavy atom. The van der Waals surface area contributed by atoms with Crippen LogP contribution in [0.25, 0.3) is 10.9 Å². The second kappa shape index (κ2) is 9.23. The predicted molar refractivity (Wildman–Crippen MR) is 95.9 cm³/mol. The maximum atomic E-state index is 12.4. The summed E-state index contributed by atoms with van der Waals surface area (Å²) in [5, 5.41) is 0.597. The van der Waals surface area contributed by atoms with Gasteiger partial charge in [0.1, 0.15) is 0 Å². The molecule has 0 aliphatic rings. The van der Waals surface area contributed by atoms with Crippen LogP contribution in [0, 0.1) is 0 Å². The predicted octanol–water partition coefficient (Wildman–Crippen LogP) is 4.38. The number of hydrogen-bond acceptors (Lipinski definition) is 2. The molecule has 0 N–H and O–H groups in total. The summed E-state index contributed by atoms with van der Waals surface area (Å²) in [4.78, 5) is 24.7. The third-order valence-corrected chi connectivity index (χ3v) is 3.06. The molecule has 1 heterocycles. The quantitative estimate of drug-likeness (QED) is 0.826. The average molecular weight is 306 g/mol. The highest BCUT2D eigenvalue weighted by molar-refractivity contribution is 5.77. The highest BCUT2D eigenvalue weighted by atomic mass is 16.2. The second-order valence-corrected chi connectivity index (χ2v) is 5.03. The van der Waals surface area contributed by atoms with Crippen molar-refractivity contribution in [2.75, 3.05) is 0 Å². The van der Waals surface area contributed by atoms with Gasteiger partial charge >= 0.3 is 5.69 Å². The number of rotatable bonds is 2. The molecule has 124 valence electrons. The molecule has 0 aliphatic heterocycles. The van der Waals surface area contributed by atoms with Crippen LogP contribution < -0.4 is 11.2 Å². The lowest BCUT2D eigenvalue weighted by atomic mass is 10.2. The van der Waals surface area contributed by atoms with Gasteiger partial charge in [-0.25, -0.2) is 4.79 Å². The van der Waals surface area contributed by atoms with E-state index in [1.165, 1.54) is 4.57 Å². The summed E-state index contributed by atoms with van der Waals surface area (Å²) in [7, 11) is 0. The molecule has 4 heteroatoms. The molecule has 22 heavy (non-hydrogen) atoms. The Balaban J connectivity index is 0.00000102. The van der Waals surface area contributed by atoms with Crippen LogP contribution in [0.5, 0.6) is 0 Å². The molecule has 0 atom stereocenters. The highest BCUT2D eigenvalue weighted by Gasteiger charge is 2.15. The van der Waals surface area contributed by atoms with Crippen molar-refractivity contribution >= 4 is 10.9 Å². The minimum atomic E-state index is -0.233. The monoisotopic (exact) mass is 306 g/mol. The summed E-state index contributed by atoms with van der Waals surface area (Å²) < 4.78 is 3.00. The minimum absolute atomic E-state index is 0.0213. The number of benzene rings is 1. The van der Waals surface area contributed by atoms with Gasteiger partial charge < -0.3 is 0 Å². The second-order valence-electron chi connectivity index (χ2n) is 5.03. The topological polar surface area (TPSA) is 44.0 Å². The third-order valence-electron chi connectivity index (χ3n) is 3.06. The number of aromatic nitrogens is 2. The van der Waals surface area contributed by atoms with Crippen LogP contribution >= 0.6 is 0 Å². The first-order valence-electron chi connectivity index (χ1n) is 8.21. The van der Waals surface area contributed by atoms with Crippen LogP contribution in [0.3, 0.4) is 0 Å². The van der Waals surface area contributed by atoms with E-state index in [2.05, 4.69) is 0 Å². The molecule has 0 amide bonds. The fourth-order valence-electron chi connectivity index (χ4n) is 2.25. The molecule has 1 aromatic carbocycles. The first-order valence-corrected chi connectivity index (χ1v) is 8.21. The molecule has 0 saturated heterocycles. The lowest BCUT2D eigenvalue weighted by Crippen LogP contribution is -2.41. The molecular formula is C18H30N2O2. The van der Waals surface area contributed by atoms with E-state index in [4.69, 9.17) is 0 Å². The van der Waals surface area contributed by atoms with E-state index >= 15 is 0 Å². The Morgan fingerprint density at radius 2 is 1.23 bits per heavy atom. The normalized spacial score (nSPS) is 10.1. The van der Waals surface area contributed by atoms with Crippen LogP contribution in [0.15, 0.2) is 33.9 Å². The molecule has 0 fully saturated rings. The molecule has 0 unspecified atom stereocenters. The van der Waals surface area contributed by atoms with Crippen molar-refractivity contribution in [3.05, 3.63) is 45.1 Å². The largest absolute Gasteiger partial charge is 0.331 e. The zero-order valence-electron chi connectivity index (χ0n) is 15.2. The fourth-order valence-corrected chi connectivity index (χ4v) is 2.25. The number of nitrogens with zero attached hydrogens (tertiary/aromatic N) is 2. The Labute approximate surface area is 133 Å². The van der Waals surface area contributed by atoms with Crippen molar-refractivity contribution in [3.63, 3.8) is 0 Å².